The SMILES string of the molecule is O=S(=O)(NC1CCCCCC1)c1ccc(Br)c(F)c1. The quantitative estimate of drug-likeness (QED) is 0.847. The molecule has 0 radical (unpaired) electrons. The second kappa shape index (κ2) is 6.33. The minimum absolute atomic E-state index is 0.0163. The third-order valence-electron chi connectivity index (χ3n) is 3.38. The van der Waals surface area contributed by atoms with Gasteiger partial charge in [-0.15, -0.1) is 0 Å². The van der Waals surface area contributed by atoms with Gasteiger partial charge in [-0.05, 0) is 47.0 Å². The molecule has 0 bridgehead atoms. The fraction of sp³-hybridized carbons (Fsp3) is 0.538. The van der Waals surface area contributed by atoms with E-state index in [1.165, 1.54) is 12.1 Å². The summed E-state index contributed by atoms with van der Waals surface area (Å²) in [5.41, 5.74) is 0. The molecule has 0 saturated heterocycles. The van der Waals surface area contributed by atoms with Crippen molar-refractivity contribution in [3.63, 3.8) is 0 Å². The van der Waals surface area contributed by atoms with Gasteiger partial charge < -0.3 is 0 Å². The van der Waals surface area contributed by atoms with Gasteiger partial charge in [0.2, 0.25) is 10.0 Å². The van der Waals surface area contributed by atoms with E-state index in [0.717, 1.165) is 44.6 Å². The lowest BCUT2D eigenvalue weighted by Gasteiger charge is -2.16. The Labute approximate surface area is 121 Å². The summed E-state index contributed by atoms with van der Waals surface area (Å²) in [6.07, 6.45) is 6.12. The maximum absolute atomic E-state index is 13.4. The zero-order valence-corrected chi connectivity index (χ0v) is 12.9. The van der Waals surface area contributed by atoms with Crippen LogP contribution in [0, 0.1) is 5.82 Å². The van der Waals surface area contributed by atoms with Crippen molar-refractivity contribution in [1.82, 2.24) is 4.72 Å². The fourth-order valence-corrected chi connectivity index (χ4v) is 3.89. The number of rotatable bonds is 3. The summed E-state index contributed by atoms with van der Waals surface area (Å²) in [5.74, 6) is -0.566. The molecule has 1 fully saturated rings. The number of hydrogen-bond acceptors (Lipinski definition) is 2. The molecule has 0 aromatic heterocycles. The van der Waals surface area contributed by atoms with Crippen LogP contribution >= 0.6 is 15.9 Å². The monoisotopic (exact) mass is 349 g/mol. The Morgan fingerprint density at radius 1 is 1.16 bits per heavy atom. The van der Waals surface area contributed by atoms with E-state index in [1.54, 1.807) is 0 Å². The van der Waals surface area contributed by atoms with E-state index in [-0.39, 0.29) is 15.4 Å². The lowest BCUT2D eigenvalue weighted by atomic mass is 10.1. The third kappa shape index (κ3) is 4.00. The minimum Gasteiger partial charge on any atom is -0.208 e. The van der Waals surface area contributed by atoms with E-state index >= 15 is 0 Å². The maximum Gasteiger partial charge on any atom is 0.240 e. The average Bonchev–Trinajstić information content (AvgIpc) is 2.60. The summed E-state index contributed by atoms with van der Waals surface area (Å²) in [6.45, 7) is 0. The van der Waals surface area contributed by atoms with E-state index in [2.05, 4.69) is 20.7 Å². The minimum atomic E-state index is -3.63. The van der Waals surface area contributed by atoms with Crippen LogP contribution in [-0.4, -0.2) is 14.5 Å². The first-order valence-corrected chi connectivity index (χ1v) is 8.74. The fourth-order valence-electron chi connectivity index (χ4n) is 2.33. The number of benzene rings is 1. The zero-order chi connectivity index (χ0) is 13.9. The molecule has 0 amide bonds. The Balaban J connectivity index is 2.14. The largest absolute Gasteiger partial charge is 0.240 e. The van der Waals surface area contributed by atoms with Crippen LogP contribution in [0.3, 0.4) is 0 Å². The summed E-state index contributed by atoms with van der Waals surface area (Å²) >= 11 is 3.01. The molecule has 3 nitrogen and oxygen atoms in total. The van der Waals surface area contributed by atoms with Gasteiger partial charge in [-0.3, -0.25) is 0 Å². The Morgan fingerprint density at radius 2 is 1.79 bits per heavy atom. The maximum atomic E-state index is 13.4. The van der Waals surface area contributed by atoms with Crippen molar-refractivity contribution in [2.45, 2.75) is 49.5 Å². The van der Waals surface area contributed by atoms with Crippen molar-refractivity contribution in [2.75, 3.05) is 0 Å². The lowest BCUT2D eigenvalue weighted by molar-refractivity contribution is 0.509. The summed E-state index contributed by atoms with van der Waals surface area (Å²) < 4.78 is 40.7. The number of sulfonamides is 1. The van der Waals surface area contributed by atoms with Gasteiger partial charge in [-0.25, -0.2) is 17.5 Å². The molecule has 2 rings (SSSR count). The van der Waals surface area contributed by atoms with Gasteiger partial charge in [0.25, 0.3) is 0 Å². The molecule has 0 spiro atoms. The normalized spacial score (nSPS) is 18.2. The molecule has 1 N–H and O–H groups in total. The molecule has 1 aromatic carbocycles. The van der Waals surface area contributed by atoms with Gasteiger partial charge in [-0.1, -0.05) is 25.7 Å². The third-order valence-corrected chi connectivity index (χ3v) is 5.54. The second-order valence-electron chi connectivity index (χ2n) is 4.89. The first-order valence-electron chi connectivity index (χ1n) is 6.46. The summed E-state index contributed by atoms with van der Waals surface area (Å²) in [5, 5.41) is 0. The van der Waals surface area contributed by atoms with Crippen molar-refractivity contribution in [2.24, 2.45) is 0 Å². The molecular formula is C13H17BrFNO2S. The molecule has 0 atom stereocenters. The number of hydrogen-bond donors (Lipinski definition) is 1. The zero-order valence-electron chi connectivity index (χ0n) is 10.5. The van der Waals surface area contributed by atoms with Crippen LogP contribution in [0.1, 0.15) is 38.5 Å². The van der Waals surface area contributed by atoms with Crippen LogP contribution in [0.5, 0.6) is 0 Å². The molecule has 6 heteroatoms. The van der Waals surface area contributed by atoms with Crippen LogP contribution in [0.25, 0.3) is 0 Å². The highest BCUT2D eigenvalue weighted by molar-refractivity contribution is 9.10. The highest BCUT2D eigenvalue weighted by Crippen LogP contribution is 2.22. The highest BCUT2D eigenvalue weighted by Gasteiger charge is 2.21. The van der Waals surface area contributed by atoms with Gasteiger partial charge in [-0.2, -0.15) is 0 Å². The molecule has 1 aliphatic rings. The Morgan fingerprint density at radius 3 is 2.37 bits per heavy atom. The first-order chi connectivity index (χ1) is 8.99. The smallest absolute Gasteiger partial charge is 0.208 e. The van der Waals surface area contributed by atoms with Crippen molar-refractivity contribution >= 4 is 26.0 Å². The molecule has 1 aromatic rings. The topological polar surface area (TPSA) is 46.2 Å². The van der Waals surface area contributed by atoms with E-state index in [0.29, 0.717) is 0 Å². The van der Waals surface area contributed by atoms with Crippen molar-refractivity contribution in [3.05, 3.63) is 28.5 Å². The lowest BCUT2D eigenvalue weighted by Crippen LogP contribution is -2.34. The second-order valence-corrected chi connectivity index (χ2v) is 7.45. The Bertz CT molecular complexity index is 540. The molecule has 106 valence electrons. The van der Waals surface area contributed by atoms with Crippen LogP contribution in [-0.2, 0) is 10.0 Å². The van der Waals surface area contributed by atoms with Crippen LogP contribution in [0.4, 0.5) is 4.39 Å². The summed E-state index contributed by atoms with van der Waals surface area (Å²) in [4.78, 5) is -0.0163. The van der Waals surface area contributed by atoms with E-state index in [4.69, 9.17) is 0 Å². The average molecular weight is 350 g/mol. The molecule has 0 aliphatic heterocycles. The van der Waals surface area contributed by atoms with E-state index in [1.807, 2.05) is 0 Å². The van der Waals surface area contributed by atoms with Crippen LogP contribution in [0.2, 0.25) is 0 Å². The molecule has 19 heavy (non-hydrogen) atoms. The standard InChI is InChI=1S/C13H17BrFNO2S/c14-12-8-7-11(9-13(12)15)19(17,18)16-10-5-3-1-2-4-6-10/h7-10,16H,1-6H2. The van der Waals surface area contributed by atoms with Gasteiger partial charge in [0.05, 0.1) is 9.37 Å². The number of nitrogens with one attached hydrogen (secondary N) is 1. The van der Waals surface area contributed by atoms with Gasteiger partial charge in [0.1, 0.15) is 5.82 Å². The Hall–Kier alpha value is -0.460. The Kier molecular flexibility index (Phi) is 4.97. The highest BCUT2D eigenvalue weighted by atomic mass is 79.9. The summed E-state index contributed by atoms with van der Waals surface area (Å²) in [7, 11) is -3.63. The predicted octanol–water partition coefficient (Wildman–Crippen LogP) is 3.59. The molecule has 0 heterocycles. The van der Waals surface area contributed by atoms with Crippen molar-refractivity contribution < 1.29 is 12.8 Å². The van der Waals surface area contributed by atoms with Crippen molar-refractivity contribution in [1.29, 1.82) is 0 Å². The molecule has 0 unspecified atom stereocenters. The van der Waals surface area contributed by atoms with Crippen LogP contribution in [0.15, 0.2) is 27.6 Å². The van der Waals surface area contributed by atoms with Gasteiger partial charge in [0.15, 0.2) is 0 Å². The predicted molar refractivity (Wildman–Crippen MR) is 75.9 cm³/mol. The van der Waals surface area contributed by atoms with Crippen molar-refractivity contribution in [3.8, 4) is 0 Å². The van der Waals surface area contributed by atoms with E-state index in [9.17, 15) is 12.8 Å². The van der Waals surface area contributed by atoms with Crippen LogP contribution < -0.4 is 4.72 Å². The number of halogens is 2. The first kappa shape index (κ1) is 14.9. The van der Waals surface area contributed by atoms with E-state index < -0.39 is 15.8 Å². The van der Waals surface area contributed by atoms with Gasteiger partial charge >= 0.3 is 0 Å². The molecule has 1 aliphatic carbocycles. The van der Waals surface area contributed by atoms with Gasteiger partial charge in [0, 0.05) is 6.04 Å². The molecule has 1 saturated carbocycles. The summed E-state index contributed by atoms with van der Waals surface area (Å²) in [6, 6.07) is 3.84. The molecular weight excluding hydrogens is 333 g/mol.